The van der Waals surface area contributed by atoms with Crippen LogP contribution >= 0.6 is 11.6 Å². The number of aromatic nitrogens is 3. The molecule has 1 atom stereocenters. The molecule has 150 valence electrons. The van der Waals surface area contributed by atoms with E-state index in [2.05, 4.69) is 45.8 Å². The van der Waals surface area contributed by atoms with Crippen LogP contribution in [0, 0.1) is 0 Å². The Balaban J connectivity index is 1.40. The molecule has 6 nitrogen and oxygen atoms in total. The number of nitrogens with one attached hydrogen (secondary N) is 2. The lowest BCUT2D eigenvalue weighted by Crippen LogP contribution is -2.30. The number of aryl methyl sites for hydroxylation is 2. The zero-order valence-corrected chi connectivity index (χ0v) is 17.1. The number of nitrogens with zero attached hydrogens (tertiary/aromatic N) is 3. The van der Waals surface area contributed by atoms with E-state index in [4.69, 9.17) is 11.6 Å². The van der Waals surface area contributed by atoms with Crippen molar-refractivity contribution in [2.75, 3.05) is 11.9 Å². The van der Waals surface area contributed by atoms with Crippen molar-refractivity contribution in [1.82, 2.24) is 20.1 Å². The number of rotatable bonds is 6. The minimum absolute atomic E-state index is 0.0853. The van der Waals surface area contributed by atoms with Gasteiger partial charge in [0.15, 0.2) is 0 Å². The van der Waals surface area contributed by atoms with Crippen LogP contribution in [0.4, 0.5) is 5.69 Å². The number of hydrogen-bond acceptors (Lipinski definition) is 4. The number of anilines is 1. The lowest BCUT2D eigenvalue weighted by Gasteiger charge is -2.20. The third-order valence-electron chi connectivity index (χ3n) is 5.34. The van der Waals surface area contributed by atoms with Crippen molar-refractivity contribution in [2.45, 2.75) is 38.6 Å². The van der Waals surface area contributed by atoms with Gasteiger partial charge in [-0.3, -0.25) is 4.79 Å². The van der Waals surface area contributed by atoms with E-state index >= 15 is 0 Å². The maximum atomic E-state index is 12.6. The van der Waals surface area contributed by atoms with E-state index in [1.54, 1.807) is 29.2 Å². The van der Waals surface area contributed by atoms with Gasteiger partial charge in [0.2, 0.25) is 5.91 Å². The maximum Gasteiger partial charge on any atom is 0.238 e. The summed E-state index contributed by atoms with van der Waals surface area (Å²) in [5, 5.41) is 10.9. The monoisotopic (exact) mass is 409 g/mol. The van der Waals surface area contributed by atoms with Gasteiger partial charge in [-0.1, -0.05) is 29.8 Å². The second-order valence-corrected chi connectivity index (χ2v) is 7.82. The lowest BCUT2D eigenvalue weighted by atomic mass is 9.89. The topological polar surface area (TPSA) is 71.8 Å². The third kappa shape index (κ3) is 4.66. The van der Waals surface area contributed by atoms with E-state index in [1.165, 1.54) is 42.3 Å². The molecular weight excluding hydrogens is 386 g/mol. The summed E-state index contributed by atoms with van der Waals surface area (Å²) in [5.41, 5.74) is 5.43. The van der Waals surface area contributed by atoms with E-state index in [-0.39, 0.29) is 18.5 Å². The van der Waals surface area contributed by atoms with Gasteiger partial charge in [-0.05, 0) is 67.5 Å². The van der Waals surface area contributed by atoms with Crippen LogP contribution in [-0.4, -0.2) is 27.2 Å². The van der Waals surface area contributed by atoms with Crippen LogP contribution in [-0.2, 0) is 17.6 Å². The smallest absolute Gasteiger partial charge is 0.238 e. The predicted octanol–water partition coefficient (Wildman–Crippen LogP) is 4.09. The van der Waals surface area contributed by atoms with Crippen LogP contribution in [0.5, 0.6) is 0 Å². The van der Waals surface area contributed by atoms with Crippen LogP contribution < -0.4 is 10.6 Å². The average molecular weight is 410 g/mol. The highest BCUT2D eigenvalue weighted by Gasteiger charge is 2.14. The molecule has 7 heteroatoms. The summed E-state index contributed by atoms with van der Waals surface area (Å²) in [5.74, 6) is -0.140. The molecule has 4 rings (SSSR count). The van der Waals surface area contributed by atoms with Gasteiger partial charge < -0.3 is 10.6 Å². The van der Waals surface area contributed by atoms with Crippen molar-refractivity contribution in [3.05, 3.63) is 70.8 Å². The molecule has 3 aromatic rings. The fourth-order valence-corrected chi connectivity index (χ4v) is 3.89. The molecular formula is C22H24ClN5O. The minimum atomic E-state index is -0.140. The molecule has 0 unspecified atom stereocenters. The van der Waals surface area contributed by atoms with Crippen molar-refractivity contribution in [3.63, 3.8) is 0 Å². The van der Waals surface area contributed by atoms with Crippen LogP contribution in [0.3, 0.4) is 0 Å². The normalized spacial score (nSPS) is 14.3. The SMILES string of the molecule is C[C@@H](NCC(=O)Nc1cc(Cl)ccc1-n1cncn1)c1ccc2c(c1)CCCC2. The first-order valence-electron chi connectivity index (χ1n) is 9.89. The van der Waals surface area contributed by atoms with Gasteiger partial charge in [0.05, 0.1) is 17.9 Å². The quantitative estimate of drug-likeness (QED) is 0.643. The molecule has 0 saturated carbocycles. The van der Waals surface area contributed by atoms with E-state index in [0.717, 1.165) is 6.42 Å². The molecule has 0 spiro atoms. The van der Waals surface area contributed by atoms with E-state index in [1.807, 2.05) is 0 Å². The molecule has 1 amide bonds. The number of amides is 1. The standard InChI is InChI=1S/C22H24ClN5O/c1-15(17-7-6-16-4-2-3-5-18(16)10-17)25-12-22(29)27-20-11-19(23)8-9-21(20)28-14-24-13-26-28/h6-11,13-15,25H,2-5,12H2,1H3,(H,27,29)/t15-/m1/s1. The molecule has 0 saturated heterocycles. The molecule has 2 N–H and O–H groups in total. The van der Waals surface area contributed by atoms with E-state index in [0.29, 0.717) is 16.4 Å². The van der Waals surface area contributed by atoms with Crippen LogP contribution in [0.15, 0.2) is 49.1 Å². The second-order valence-electron chi connectivity index (χ2n) is 7.39. The molecule has 1 aromatic heterocycles. The summed E-state index contributed by atoms with van der Waals surface area (Å²) in [6.45, 7) is 2.28. The Morgan fingerprint density at radius 3 is 2.79 bits per heavy atom. The van der Waals surface area contributed by atoms with Crippen molar-refractivity contribution < 1.29 is 4.79 Å². The van der Waals surface area contributed by atoms with Gasteiger partial charge in [0.25, 0.3) is 0 Å². The fourth-order valence-electron chi connectivity index (χ4n) is 3.72. The van der Waals surface area contributed by atoms with Gasteiger partial charge in [-0.15, -0.1) is 0 Å². The highest BCUT2D eigenvalue weighted by molar-refractivity contribution is 6.31. The molecule has 2 aromatic carbocycles. The third-order valence-corrected chi connectivity index (χ3v) is 5.57. The van der Waals surface area contributed by atoms with Gasteiger partial charge in [-0.25, -0.2) is 9.67 Å². The zero-order valence-electron chi connectivity index (χ0n) is 16.4. The molecule has 0 fully saturated rings. The van der Waals surface area contributed by atoms with E-state index < -0.39 is 0 Å². The second kappa shape index (κ2) is 8.76. The fraction of sp³-hybridized carbons (Fsp3) is 0.318. The van der Waals surface area contributed by atoms with Crippen molar-refractivity contribution in [1.29, 1.82) is 0 Å². The summed E-state index contributed by atoms with van der Waals surface area (Å²) in [7, 11) is 0. The number of halogens is 1. The Kier molecular flexibility index (Phi) is 5.92. The average Bonchev–Trinajstić information content (AvgIpc) is 3.26. The highest BCUT2D eigenvalue weighted by Crippen LogP contribution is 2.25. The summed E-state index contributed by atoms with van der Waals surface area (Å²) in [6.07, 6.45) is 7.88. The number of carbonyl (C=O) groups is 1. The molecule has 0 radical (unpaired) electrons. The van der Waals surface area contributed by atoms with Gasteiger partial charge in [-0.2, -0.15) is 5.10 Å². The highest BCUT2D eigenvalue weighted by atomic mass is 35.5. The molecule has 0 aliphatic heterocycles. The van der Waals surface area contributed by atoms with Crippen LogP contribution in [0.1, 0.15) is 42.5 Å². The largest absolute Gasteiger partial charge is 0.323 e. The Morgan fingerprint density at radius 1 is 1.17 bits per heavy atom. The Hall–Kier alpha value is -2.70. The van der Waals surface area contributed by atoms with Gasteiger partial charge >= 0.3 is 0 Å². The molecule has 1 heterocycles. The molecule has 0 bridgehead atoms. The summed E-state index contributed by atoms with van der Waals surface area (Å²) < 4.78 is 1.59. The first kappa shape index (κ1) is 19.6. The molecule has 1 aliphatic rings. The summed E-state index contributed by atoms with van der Waals surface area (Å²) >= 11 is 6.11. The zero-order chi connectivity index (χ0) is 20.2. The van der Waals surface area contributed by atoms with Gasteiger partial charge in [0, 0.05) is 11.1 Å². The molecule has 1 aliphatic carbocycles. The van der Waals surface area contributed by atoms with Crippen LogP contribution in [0.25, 0.3) is 5.69 Å². The van der Waals surface area contributed by atoms with Crippen molar-refractivity contribution in [3.8, 4) is 5.69 Å². The maximum absolute atomic E-state index is 12.6. The van der Waals surface area contributed by atoms with E-state index in [9.17, 15) is 4.79 Å². The number of hydrogen-bond donors (Lipinski definition) is 2. The predicted molar refractivity (Wildman–Crippen MR) is 115 cm³/mol. The summed E-state index contributed by atoms with van der Waals surface area (Å²) in [4.78, 5) is 16.5. The van der Waals surface area contributed by atoms with Crippen LogP contribution in [0.2, 0.25) is 5.02 Å². The lowest BCUT2D eigenvalue weighted by molar-refractivity contribution is -0.115. The first-order valence-corrected chi connectivity index (χ1v) is 10.3. The number of carbonyl (C=O) groups excluding carboxylic acids is 1. The first-order chi connectivity index (χ1) is 14.1. The Labute approximate surface area is 175 Å². The Bertz CT molecular complexity index is 1000. The summed E-state index contributed by atoms with van der Waals surface area (Å²) in [6, 6.07) is 12.0. The number of fused-ring (bicyclic) bond motifs is 1. The van der Waals surface area contributed by atoms with Gasteiger partial charge in [0.1, 0.15) is 12.7 Å². The minimum Gasteiger partial charge on any atom is -0.323 e. The van der Waals surface area contributed by atoms with Crippen molar-refractivity contribution in [2.24, 2.45) is 0 Å². The number of benzene rings is 2. The Morgan fingerprint density at radius 2 is 2.00 bits per heavy atom. The molecule has 29 heavy (non-hydrogen) atoms. The van der Waals surface area contributed by atoms with Crippen molar-refractivity contribution >= 4 is 23.2 Å².